The second-order valence-electron chi connectivity index (χ2n) is 6.02. The number of nitrogens with zero attached hydrogens (tertiary/aromatic N) is 2. The molecule has 1 aliphatic rings. The van der Waals surface area contributed by atoms with Crippen molar-refractivity contribution in [3.05, 3.63) is 23.5 Å². The topological polar surface area (TPSA) is 51.4 Å². The number of nitrogens with two attached hydrogens (primary N) is 1. The van der Waals surface area contributed by atoms with E-state index in [1.54, 1.807) is 0 Å². The molecule has 0 aliphatic carbocycles. The van der Waals surface area contributed by atoms with E-state index in [0.29, 0.717) is 0 Å². The molecule has 21 heavy (non-hydrogen) atoms. The minimum atomic E-state index is 0.156. The van der Waals surface area contributed by atoms with Crippen molar-refractivity contribution in [2.24, 2.45) is 5.73 Å². The number of pyridine rings is 1. The van der Waals surface area contributed by atoms with Gasteiger partial charge in [-0.25, -0.2) is 0 Å². The van der Waals surface area contributed by atoms with Gasteiger partial charge in [0.1, 0.15) is 12.4 Å². The van der Waals surface area contributed by atoms with E-state index in [9.17, 15) is 0 Å². The van der Waals surface area contributed by atoms with Gasteiger partial charge in [0, 0.05) is 24.7 Å². The largest absolute Gasteiger partial charge is 0.490 e. The van der Waals surface area contributed by atoms with E-state index in [2.05, 4.69) is 16.8 Å². The fraction of sp³-hybridized carbons (Fsp3) is 0.706. The summed E-state index contributed by atoms with van der Waals surface area (Å²) in [6.07, 6.45) is 5.77. The van der Waals surface area contributed by atoms with Gasteiger partial charge in [-0.1, -0.05) is 13.3 Å². The first kappa shape index (κ1) is 16.2. The molecule has 0 amide bonds. The SMILES string of the molecule is CCC(N)Cc1nc(C)ccc1OCCN1CCCCC1. The van der Waals surface area contributed by atoms with Crippen LogP contribution in [0, 0.1) is 6.92 Å². The Morgan fingerprint density at radius 3 is 2.76 bits per heavy atom. The Morgan fingerprint density at radius 2 is 2.05 bits per heavy atom. The molecule has 1 unspecified atom stereocenters. The van der Waals surface area contributed by atoms with Crippen LogP contribution in [-0.2, 0) is 6.42 Å². The number of aryl methyl sites for hydroxylation is 1. The van der Waals surface area contributed by atoms with E-state index in [-0.39, 0.29) is 6.04 Å². The van der Waals surface area contributed by atoms with E-state index in [4.69, 9.17) is 10.5 Å². The van der Waals surface area contributed by atoms with Gasteiger partial charge in [-0.05, 0) is 51.4 Å². The molecule has 1 aromatic heterocycles. The Balaban J connectivity index is 1.88. The minimum Gasteiger partial charge on any atom is -0.490 e. The molecule has 1 aromatic rings. The fourth-order valence-corrected chi connectivity index (χ4v) is 2.74. The molecule has 4 heteroatoms. The lowest BCUT2D eigenvalue weighted by Gasteiger charge is -2.26. The number of aromatic nitrogens is 1. The zero-order chi connectivity index (χ0) is 15.1. The van der Waals surface area contributed by atoms with Crippen LogP contribution >= 0.6 is 0 Å². The van der Waals surface area contributed by atoms with Crippen molar-refractivity contribution in [1.29, 1.82) is 0 Å². The maximum Gasteiger partial charge on any atom is 0.140 e. The normalized spacial score (nSPS) is 17.7. The number of hydrogen-bond acceptors (Lipinski definition) is 4. The number of piperidine rings is 1. The summed E-state index contributed by atoms with van der Waals surface area (Å²) in [7, 11) is 0. The summed E-state index contributed by atoms with van der Waals surface area (Å²) in [6.45, 7) is 8.29. The summed E-state index contributed by atoms with van der Waals surface area (Å²) < 4.78 is 5.98. The maximum atomic E-state index is 6.07. The molecule has 2 N–H and O–H groups in total. The van der Waals surface area contributed by atoms with Crippen molar-refractivity contribution in [3.8, 4) is 5.75 Å². The van der Waals surface area contributed by atoms with Crippen molar-refractivity contribution >= 4 is 0 Å². The first-order chi connectivity index (χ1) is 10.2. The predicted octanol–water partition coefficient (Wildman–Crippen LogP) is 2.53. The van der Waals surface area contributed by atoms with Gasteiger partial charge in [-0.15, -0.1) is 0 Å². The summed E-state index contributed by atoms with van der Waals surface area (Å²) in [6, 6.07) is 4.21. The highest BCUT2D eigenvalue weighted by atomic mass is 16.5. The van der Waals surface area contributed by atoms with Gasteiger partial charge < -0.3 is 10.5 Å². The van der Waals surface area contributed by atoms with Crippen molar-refractivity contribution in [2.45, 2.75) is 52.0 Å². The van der Waals surface area contributed by atoms with Gasteiger partial charge in [0.25, 0.3) is 0 Å². The molecule has 0 radical (unpaired) electrons. The summed E-state index contributed by atoms with van der Waals surface area (Å²) in [5, 5.41) is 0. The Labute approximate surface area is 128 Å². The average molecular weight is 291 g/mol. The molecule has 0 aromatic carbocycles. The van der Waals surface area contributed by atoms with Crippen LogP contribution < -0.4 is 10.5 Å². The Kier molecular flexibility index (Phi) is 6.46. The van der Waals surface area contributed by atoms with Crippen LogP contribution in [0.2, 0.25) is 0 Å². The molecule has 2 rings (SSSR count). The predicted molar refractivity (Wildman–Crippen MR) is 86.7 cm³/mol. The van der Waals surface area contributed by atoms with E-state index in [1.807, 2.05) is 19.1 Å². The highest BCUT2D eigenvalue weighted by molar-refractivity contribution is 5.30. The second kappa shape index (κ2) is 8.35. The third-order valence-corrected chi connectivity index (χ3v) is 4.17. The van der Waals surface area contributed by atoms with Crippen LogP contribution in [-0.4, -0.2) is 42.2 Å². The highest BCUT2D eigenvalue weighted by Gasteiger charge is 2.12. The number of ether oxygens (including phenoxy) is 1. The highest BCUT2D eigenvalue weighted by Crippen LogP contribution is 2.19. The molecule has 1 aliphatic heterocycles. The molecule has 0 saturated carbocycles. The zero-order valence-electron chi connectivity index (χ0n) is 13.5. The molecule has 1 atom stereocenters. The molecule has 1 fully saturated rings. The smallest absolute Gasteiger partial charge is 0.140 e. The minimum absolute atomic E-state index is 0.156. The van der Waals surface area contributed by atoms with E-state index < -0.39 is 0 Å². The van der Waals surface area contributed by atoms with Crippen molar-refractivity contribution < 1.29 is 4.74 Å². The van der Waals surface area contributed by atoms with Crippen LogP contribution in [0.4, 0.5) is 0 Å². The molecule has 4 nitrogen and oxygen atoms in total. The first-order valence-electron chi connectivity index (χ1n) is 8.26. The van der Waals surface area contributed by atoms with Crippen LogP contribution in [0.15, 0.2) is 12.1 Å². The lowest BCUT2D eigenvalue weighted by Crippen LogP contribution is -2.33. The molecule has 1 saturated heterocycles. The van der Waals surface area contributed by atoms with Gasteiger partial charge in [0.2, 0.25) is 0 Å². The fourth-order valence-electron chi connectivity index (χ4n) is 2.74. The molecule has 2 heterocycles. The van der Waals surface area contributed by atoms with Crippen LogP contribution in [0.25, 0.3) is 0 Å². The summed E-state index contributed by atoms with van der Waals surface area (Å²) in [4.78, 5) is 7.10. The van der Waals surface area contributed by atoms with Crippen molar-refractivity contribution in [3.63, 3.8) is 0 Å². The van der Waals surface area contributed by atoms with Gasteiger partial charge in [-0.2, -0.15) is 0 Å². The molecular weight excluding hydrogens is 262 g/mol. The van der Waals surface area contributed by atoms with Gasteiger partial charge >= 0.3 is 0 Å². The summed E-state index contributed by atoms with van der Waals surface area (Å²) in [5.41, 5.74) is 8.09. The van der Waals surface area contributed by atoms with Gasteiger partial charge in [-0.3, -0.25) is 9.88 Å². The van der Waals surface area contributed by atoms with E-state index in [0.717, 1.165) is 43.1 Å². The van der Waals surface area contributed by atoms with E-state index in [1.165, 1.54) is 32.4 Å². The Bertz CT molecular complexity index is 430. The lowest BCUT2D eigenvalue weighted by atomic mass is 10.1. The summed E-state index contributed by atoms with van der Waals surface area (Å²) in [5.74, 6) is 0.904. The molecule has 0 spiro atoms. The Morgan fingerprint density at radius 1 is 1.29 bits per heavy atom. The first-order valence-corrected chi connectivity index (χ1v) is 8.26. The quantitative estimate of drug-likeness (QED) is 0.839. The summed E-state index contributed by atoms with van der Waals surface area (Å²) >= 11 is 0. The average Bonchev–Trinajstić information content (AvgIpc) is 2.50. The number of likely N-dealkylation sites (tertiary alicyclic amines) is 1. The molecule has 118 valence electrons. The second-order valence-corrected chi connectivity index (χ2v) is 6.02. The van der Waals surface area contributed by atoms with Crippen LogP contribution in [0.3, 0.4) is 0 Å². The van der Waals surface area contributed by atoms with Crippen molar-refractivity contribution in [2.75, 3.05) is 26.2 Å². The molecule has 0 bridgehead atoms. The number of hydrogen-bond donors (Lipinski definition) is 1. The van der Waals surface area contributed by atoms with Crippen LogP contribution in [0.1, 0.15) is 44.0 Å². The Hall–Kier alpha value is -1.13. The van der Waals surface area contributed by atoms with E-state index >= 15 is 0 Å². The lowest BCUT2D eigenvalue weighted by molar-refractivity contribution is 0.182. The standard InChI is InChI=1S/C17H29N3O/c1-3-15(18)13-16-17(8-7-14(2)19-16)21-12-11-20-9-5-4-6-10-20/h7-8,15H,3-6,9-13,18H2,1-2H3. The number of rotatable bonds is 7. The van der Waals surface area contributed by atoms with Gasteiger partial charge in [0.05, 0.1) is 5.69 Å². The van der Waals surface area contributed by atoms with Gasteiger partial charge in [0.15, 0.2) is 0 Å². The van der Waals surface area contributed by atoms with Crippen molar-refractivity contribution in [1.82, 2.24) is 9.88 Å². The third-order valence-electron chi connectivity index (χ3n) is 4.17. The van der Waals surface area contributed by atoms with Crippen LogP contribution in [0.5, 0.6) is 5.75 Å². The third kappa shape index (κ3) is 5.29. The maximum absolute atomic E-state index is 6.07. The monoisotopic (exact) mass is 291 g/mol. The molecular formula is C17H29N3O. The zero-order valence-corrected chi connectivity index (χ0v) is 13.5.